The van der Waals surface area contributed by atoms with Crippen LogP contribution < -0.4 is 0 Å². The number of rotatable bonds is 4. The standard InChI is InChI=1S/C15H19NO3/c1-4-15(19,5-2)9-16-13(17)11-7-6-10(3)8-12(11)14(16)18/h6-8,19H,4-5,9H2,1-3H3. The van der Waals surface area contributed by atoms with Crippen molar-refractivity contribution in [3.8, 4) is 0 Å². The van der Waals surface area contributed by atoms with Crippen molar-refractivity contribution in [2.24, 2.45) is 0 Å². The lowest BCUT2D eigenvalue weighted by Gasteiger charge is -2.29. The minimum absolute atomic E-state index is 0.0609. The molecule has 0 saturated heterocycles. The maximum atomic E-state index is 12.3. The number of hydrogen-bond acceptors (Lipinski definition) is 3. The van der Waals surface area contributed by atoms with Crippen LogP contribution in [0.5, 0.6) is 0 Å². The first-order valence-electron chi connectivity index (χ1n) is 6.61. The van der Waals surface area contributed by atoms with E-state index in [1.807, 2.05) is 26.8 Å². The van der Waals surface area contributed by atoms with E-state index in [2.05, 4.69) is 0 Å². The van der Waals surface area contributed by atoms with Crippen molar-refractivity contribution in [2.75, 3.05) is 6.54 Å². The molecule has 2 amide bonds. The molecule has 0 radical (unpaired) electrons. The molecule has 0 unspecified atom stereocenters. The largest absolute Gasteiger partial charge is 0.388 e. The molecule has 4 nitrogen and oxygen atoms in total. The van der Waals surface area contributed by atoms with Crippen LogP contribution in [0.2, 0.25) is 0 Å². The second-order valence-corrected chi connectivity index (χ2v) is 5.18. The molecular formula is C15H19NO3. The first-order chi connectivity index (χ1) is 8.91. The van der Waals surface area contributed by atoms with Gasteiger partial charge in [0.2, 0.25) is 0 Å². The molecule has 0 atom stereocenters. The lowest BCUT2D eigenvalue weighted by Crippen LogP contribution is -2.44. The van der Waals surface area contributed by atoms with Gasteiger partial charge in [0.05, 0.1) is 23.3 Å². The molecule has 0 aliphatic carbocycles. The van der Waals surface area contributed by atoms with Gasteiger partial charge in [-0.25, -0.2) is 0 Å². The van der Waals surface area contributed by atoms with E-state index >= 15 is 0 Å². The molecule has 0 saturated carbocycles. The minimum Gasteiger partial charge on any atom is -0.388 e. The molecule has 0 fully saturated rings. The highest BCUT2D eigenvalue weighted by molar-refractivity contribution is 6.21. The van der Waals surface area contributed by atoms with E-state index in [4.69, 9.17) is 0 Å². The third-order valence-electron chi connectivity index (χ3n) is 3.89. The maximum Gasteiger partial charge on any atom is 0.261 e. The molecule has 1 aromatic carbocycles. The SMILES string of the molecule is CCC(O)(CC)CN1C(=O)c2ccc(C)cc2C1=O. The number of carbonyl (C=O) groups is 2. The number of β-amino-alcohol motifs (C(OH)–C–C–N with tert-alkyl or cyclic N) is 1. The molecular weight excluding hydrogens is 242 g/mol. The van der Waals surface area contributed by atoms with Crippen LogP contribution in [0.1, 0.15) is 53.0 Å². The van der Waals surface area contributed by atoms with E-state index in [1.165, 1.54) is 0 Å². The zero-order chi connectivity index (χ0) is 14.2. The summed E-state index contributed by atoms with van der Waals surface area (Å²) in [5.74, 6) is -0.607. The Bertz CT molecular complexity index is 532. The molecule has 1 heterocycles. The van der Waals surface area contributed by atoms with E-state index in [0.29, 0.717) is 24.0 Å². The van der Waals surface area contributed by atoms with Crippen LogP contribution in [0.15, 0.2) is 18.2 Å². The predicted octanol–water partition coefficient (Wildman–Crippen LogP) is 2.14. The van der Waals surface area contributed by atoms with Crippen LogP contribution >= 0.6 is 0 Å². The van der Waals surface area contributed by atoms with E-state index < -0.39 is 5.60 Å². The van der Waals surface area contributed by atoms with Crippen molar-refractivity contribution in [1.29, 1.82) is 0 Å². The summed E-state index contributed by atoms with van der Waals surface area (Å²) in [7, 11) is 0. The van der Waals surface area contributed by atoms with Gasteiger partial charge in [0.15, 0.2) is 0 Å². The van der Waals surface area contributed by atoms with E-state index in [1.54, 1.807) is 12.1 Å². The second-order valence-electron chi connectivity index (χ2n) is 5.18. The summed E-state index contributed by atoms with van der Waals surface area (Å²) in [6, 6.07) is 5.23. The molecule has 0 spiro atoms. The van der Waals surface area contributed by atoms with Crippen LogP contribution in [0, 0.1) is 6.92 Å². The zero-order valence-electron chi connectivity index (χ0n) is 11.6. The van der Waals surface area contributed by atoms with Gasteiger partial charge >= 0.3 is 0 Å². The van der Waals surface area contributed by atoms with Crippen molar-refractivity contribution in [2.45, 2.75) is 39.2 Å². The monoisotopic (exact) mass is 261 g/mol. The quantitative estimate of drug-likeness (QED) is 0.845. The first-order valence-corrected chi connectivity index (χ1v) is 6.61. The number of aryl methyl sites for hydroxylation is 1. The Labute approximate surface area is 113 Å². The number of carbonyl (C=O) groups excluding carboxylic acids is 2. The van der Waals surface area contributed by atoms with Crippen LogP contribution in [-0.4, -0.2) is 34.0 Å². The zero-order valence-corrected chi connectivity index (χ0v) is 11.6. The number of benzene rings is 1. The van der Waals surface area contributed by atoms with Gasteiger partial charge in [-0.2, -0.15) is 0 Å². The number of hydrogen-bond donors (Lipinski definition) is 1. The molecule has 1 aliphatic rings. The molecule has 0 bridgehead atoms. The van der Waals surface area contributed by atoms with Crippen molar-refractivity contribution < 1.29 is 14.7 Å². The van der Waals surface area contributed by atoms with Crippen LogP contribution in [0.4, 0.5) is 0 Å². The highest BCUT2D eigenvalue weighted by Crippen LogP contribution is 2.27. The van der Waals surface area contributed by atoms with Crippen molar-refractivity contribution in [3.05, 3.63) is 34.9 Å². The van der Waals surface area contributed by atoms with E-state index in [0.717, 1.165) is 10.5 Å². The van der Waals surface area contributed by atoms with Gasteiger partial charge in [0, 0.05) is 0 Å². The Hall–Kier alpha value is -1.68. The Kier molecular flexibility index (Phi) is 3.45. The van der Waals surface area contributed by atoms with Crippen LogP contribution in [0.25, 0.3) is 0 Å². The van der Waals surface area contributed by atoms with Gasteiger partial charge in [0.25, 0.3) is 11.8 Å². The Morgan fingerprint density at radius 2 is 1.68 bits per heavy atom. The number of amides is 2. The fraction of sp³-hybridized carbons (Fsp3) is 0.467. The highest BCUT2D eigenvalue weighted by atomic mass is 16.3. The average Bonchev–Trinajstić information content (AvgIpc) is 2.63. The first kappa shape index (κ1) is 13.7. The van der Waals surface area contributed by atoms with E-state index in [-0.39, 0.29) is 18.4 Å². The molecule has 102 valence electrons. The maximum absolute atomic E-state index is 12.3. The molecule has 19 heavy (non-hydrogen) atoms. The minimum atomic E-state index is -0.998. The number of imide groups is 1. The summed E-state index contributed by atoms with van der Waals surface area (Å²) < 4.78 is 0. The summed E-state index contributed by atoms with van der Waals surface area (Å²) in [5.41, 5.74) is 0.829. The van der Waals surface area contributed by atoms with Crippen molar-refractivity contribution in [3.63, 3.8) is 0 Å². The van der Waals surface area contributed by atoms with Crippen LogP contribution in [-0.2, 0) is 0 Å². The fourth-order valence-electron chi connectivity index (χ4n) is 2.32. The predicted molar refractivity (Wildman–Crippen MR) is 72.1 cm³/mol. The van der Waals surface area contributed by atoms with Crippen molar-refractivity contribution in [1.82, 2.24) is 4.90 Å². The lowest BCUT2D eigenvalue weighted by atomic mass is 9.97. The third kappa shape index (κ3) is 2.28. The number of fused-ring (bicyclic) bond motifs is 1. The second kappa shape index (κ2) is 4.78. The highest BCUT2D eigenvalue weighted by Gasteiger charge is 2.39. The summed E-state index contributed by atoms with van der Waals surface area (Å²) in [6.07, 6.45) is 1.02. The molecule has 0 aromatic heterocycles. The summed E-state index contributed by atoms with van der Waals surface area (Å²) in [4.78, 5) is 25.6. The van der Waals surface area contributed by atoms with Gasteiger partial charge < -0.3 is 5.11 Å². The topological polar surface area (TPSA) is 57.6 Å². The Morgan fingerprint density at radius 1 is 1.11 bits per heavy atom. The number of aliphatic hydroxyl groups is 1. The van der Waals surface area contributed by atoms with Gasteiger partial charge in [-0.15, -0.1) is 0 Å². The van der Waals surface area contributed by atoms with Crippen molar-refractivity contribution >= 4 is 11.8 Å². The van der Waals surface area contributed by atoms with Gasteiger partial charge in [-0.05, 0) is 31.9 Å². The Morgan fingerprint density at radius 3 is 2.26 bits per heavy atom. The fourth-order valence-corrected chi connectivity index (χ4v) is 2.32. The molecule has 2 rings (SSSR count). The van der Waals surface area contributed by atoms with E-state index in [9.17, 15) is 14.7 Å². The molecule has 1 aliphatic heterocycles. The van der Waals surface area contributed by atoms with Crippen LogP contribution in [0.3, 0.4) is 0 Å². The van der Waals surface area contributed by atoms with Gasteiger partial charge in [-0.1, -0.05) is 25.5 Å². The molecule has 1 aromatic rings. The van der Waals surface area contributed by atoms with Gasteiger partial charge in [-0.3, -0.25) is 14.5 Å². The summed E-state index contributed by atoms with van der Waals surface area (Å²) in [6.45, 7) is 5.65. The van der Waals surface area contributed by atoms with Gasteiger partial charge in [0.1, 0.15) is 0 Å². The summed E-state index contributed by atoms with van der Waals surface area (Å²) >= 11 is 0. The Balaban J connectivity index is 2.33. The number of nitrogens with zero attached hydrogens (tertiary/aromatic N) is 1. The lowest BCUT2D eigenvalue weighted by molar-refractivity contribution is 0.00243. The summed E-state index contributed by atoms with van der Waals surface area (Å²) in [5, 5.41) is 10.3. The molecule has 1 N–H and O–H groups in total. The third-order valence-corrected chi connectivity index (χ3v) is 3.89. The normalized spacial score (nSPS) is 15.1. The average molecular weight is 261 g/mol. The smallest absolute Gasteiger partial charge is 0.261 e. The molecule has 4 heteroatoms.